The van der Waals surface area contributed by atoms with E-state index in [4.69, 9.17) is 28.9 Å². The van der Waals surface area contributed by atoms with Crippen LogP contribution in [0, 0.1) is 18.3 Å². The molecule has 118 valence electrons. The Labute approximate surface area is 150 Å². The molecule has 1 aromatic heterocycles. The highest BCUT2D eigenvalue weighted by molar-refractivity contribution is 6.36. The van der Waals surface area contributed by atoms with Crippen molar-refractivity contribution in [2.45, 2.75) is 6.92 Å². The summed E-state index contributed by atoms with van der Waals surface area (Å²) in [6, 6.07) is 17.0. The summed E-state index contributed by atoms with van der Waals surface area (Å²) < 4.78 is 0. The zero-order chi connectivity index (χ0) is 17.3. The predicted octanol–water partition coefficient (Wildman–Crippen LogP) is 5.48. The third-order valence-electron chi connectivity index (χ3n) is 3.80. The highest BCUT2D eigenvalue weighted by Crippen LogP contribution is 2.36. The van der Waals surface area contributed by atoms with Crippen LogP contribution in [0.25, 0.3) is 22.4 Å². The summed E-state index contributed by atoms with van der Waals surface area (Å²) >= 11 is 12.3. The highest BCUT2D eigenvalue weighted by atomic mass is 35.5. The Morgan fingerprint density at radius 3 is 2.42 bits per heavy atom. The number of halogens is 2. The molecule has 0 saturated heterocycles. The Kier molecular flexibility index (Phi) is 4.44. The van der Waals surface area contributed by atoms with Crippen molar-refractivity contribution in [3.63, 3.8) is 0 Å². The average molecular weight is 354 g/mol. The molecule has 5 heteroatoms. The molecule has 0 fully saturated rings. The fourth-order valence-electron chi connectivity index (χ4n) is 2.60. The van der Waals surface area contributed by atoms with Crippen LogP contribution < -0.4 is 5.73 Å². The smallest absolute Gasteiger partial charge is 0.142 e. The van der Waals surface area contributed by atoms with E-state index < -0.39 is 0 Å². The standard InChI is InChI=1S/C19H13Cl2N3/c1-11-4-2-3-5-13(11)18-9-15(16(10-22)19(23)24-18)14-7-6-12(20)8-17(14)21/h2-9H,1H3,(H2,23,24). The zero-order valence-corrected chi connectivity index (χ0v) is 14.4. The first-order valence-corrected chi connectivity index (χ1v) is 7.99. The molecule has 0 bridgehead atoms. The molecule has 0 aliphatic heterocycles. The van der Waals surface area contributed by atoms with Crippen LogP contribution in [0.4, 0.5) is 5.82 Å². The molecule has 3 aromatic rings. The number of nitrogens with zero attached hydrogens (tertiary/aromatic N) is 2. The van der Waals surface area contributed by atoms with Crippen LogP contribution in [-0.4, -0.2) is 4.98 Å². The topological polar surface area (TPSA) is 62.7 Å². The first kappa shape index (κ1) is 16.3. The van der Waals surface area contributed by atoms with E-state index in [1.807, 2.05) is 37.3 Å². The number of benzene rings is 2. The minimum absolute atomic E-state index is 0.180. The van der Waals surface area contributed by atoms with Crippen molar-refractivity contribution in [3.05, 3.63) is 69.7 Å². The summed E-state index contributed by atoms with van der Waals surface area (Å²) in [7, 11) is 0. The Bertz CT molecular complexity index is 975. The molecule has 0 radical (unpaired) electrons. The lowest BCUT2D eigenvalue weighted by Gasteiger charge is -2.13. The van der Waals surface area contributed by atoms with Gasteiger partial charge in [-0.05, 0) is 30.7 Å². The number of nitrogen functional groups attached to an aromatic ring is 1. The lowest BCUT2D eigenvalue weighted by atomic mass is 9.97. The van der Waals surface area contributed by atoms with E-state index in [9.17, 15) is 5.26 Å². The van der Waals surface area contributed by atoms with Crippen LogP contribution in [0.3, 0.4) is 0 Å². The van der Waals surface area contributed by atoms with Crippen LogP contribution in [0.1, 0.15) is 11.1 Å². The maximum atomic E-state index is 9.48. The maximum Gasteiger partial charge on any atom is 0.142 e. The molecule has 0 unspecified atom stereocenters. The van der Waals surface area contributed by atoms with Gasteiger partial charge in [0.05, 0.1) is 5.69 Å². The minimum Gasteiger partial charge on any atom is -0.383 e. The quantitative estimate of drug-likeness (QED) is 0.662. The Hall–Kier alpha value is -2.54. The molecule has 3 nitrogen and oxygen atoms in total. The molecule has 0 aliphatic rings. The molecular weight excluding hydrogens is 341 g/mol. The molecule has 0 aliphatic carbocycles. The van der Waals surface area contributed by atoms with E-state index >= 15 is 0 Å². The SMILES string of the molecule is Cc1ccccc1-c1cc(-c2ccc(Cl)cc2Cl)c(C#N)c(N)n1. The number of anilines is 1. The Balaban J connectivity index is 2.29. The summed E-state index contributed by atoms with van der Waals surface area (Å²) in [6.07, 6.45) is 0. The van der Waals surface area contributed by atoms with Crippen molar-refractivity contribution < 1.29 is 0 Å². The molecule has 2 aromatic carbocycles. The number of rotatable bonds is 2. The van der Waals surface area contributed by atoms with Crippen LogP contribution in [0.5, 0.6) is 0 Å². The van der Waals surface area contributed by atoms with Gasteiger partial charge in [0, 0.05) is 26.7 Å². The molecule has 0 spiro atoms. The van der Waals surface area contributed by atoms with Crippen LogP contribution in [-0.2, 0) is 0 Å². The molecule has 2 N–H and O–H groups in total. The summed E-state index contributed by atoms with van der Waals surface area (Å²) in [6.45, 7) is 2.00. The fourth-order valence-corrected chi connectivity index (χ4v) is 3.11. The van der Waals surface area contributed by atoms with Gasteiger partial charge in [0.15, 0.2) is 0 Å². The second kappa shape index (κ2) is 6.52. The molecule has 0 atom stereocenters. The van der Waals surface area contributed by atoms with Crippen molar-refractivity contribution in [3.8, 4) is 28.5 Å². The number of aromatic nitrogens is 1. The van der Waals surface area contributed by atoms with E-state index in [1.54, 1.807) is 18.2 Å². The average Bonchev–Trinajstić information content (AvgIpc) is 2.54. The van der Waals surface area contributed by atoms with Gasteiger partial charge in [-0.1, -0.05) is 53.5 Å². The van der Waals surface area contributed by atoms with Gasteiger partial charge in [0.2, 0.25) is 0 Å². The van der Waals surface area contributed by atoms with Crippen molar-refractivity contribution in [1.29, 1.82) is 5.26 Å². The van der Waals surface area contributed by atoms with E-state index in [-0.39, 0.29) is 5.82 Å². The molecule has 0 saturated carbocycles. The van der Waals surface area contributed by atoms with E-state index in [0.29, 0.717) is 32.4 Å². The second-order valence-electron chi connectivity index (χ2n) is 5.37. The molecule has 0 amide bonds. The van der Waals surface area contributed by atoms with E-state index in [1.165, 1.54) is 0 Å². The number of hydrogen-bond donors (Lipinski definition) is 1. The van der Waals surface area contributed by atoms with Crippen molar-refractivity contribution in [2.24, 2.45) is 0 Å². The summed E-state index contributed by atoms with van der Waals surface area (Å²) in [4.78, 5) is 4.39. The number of hydrogen-bond acceptors (Lipinski definition) is 3. The number of nitriles is 1. The first-order valence-electron chi connectivity index (χ1n) is 7.23. The van der Waals surface area contributed by atoms with Gasteiger partial charge in [-0.3, -0.25) is 0 Å². The zero-order valence-electron chi connectivity index (χ0n) is 12.8. The number of aryl methyl sites for hydroxylation is 1. The Morgan fingerprint density at radius 1 is 1.00 bits per heavy atom. The number of nitrogens with two attached hydrogens (primary N) is 1. The monoisotopic (exact) mass is 353 g/mol. The predicted molar refractivity (Wildman–Crippen MR) is 99.0 cm³/mol. The summed E-state index contributed by atoms with van der Waals surface area (Å²) in [5.74, 6) is 0.180. The van der Waals surface area contributed by atoms with Gasteiger partial charge in [-0.15, -0.1) is 0 Å². The molecule has 3 rings (SSSR count). The van der Waals surface area contributed by atoms with Gasteiger partial charge in [0.1, 0.15) is 17.5 Å². The van der Waals surface area contributed by atoms with Gasteiger partial charge in [-0.2, -0.15) is 5.26 Å². The molecular formula is C19H13Cl2N3. The second-order valence-corrected chi connectivity index (χ2v) is 6.21. The van der Waals surface area contributed by atoms with E-state index in [2.05, 4.69) is 11.1 Å². The summed E-state index contributed by atoms with van der Waals surface area (Å²) in [5.41, 5.74) is 10.4. The summed E-state index contributed by atoms with van der Waals surface area (Å²) in [5, 5.41) is 10.5. The molecule has 1 heterocycles. The lowest BCUT2D eigenvalue weighted by Crippen LogP contribution is -2.00. The fraction of sp³-hybridized carbons (Fsp3) is 0.0526. The highest BCUT2D eigenvalue weighted by Gasteiger charge is 2.16. The maximum absolute atomic E-state index is 9.48. The third-order valence-corrected chi connectivity index (χ3v) is 4.35. The van der Waals surface area contributed by atoms with Crippen molar-refractivity contribution >= 4 is 29.0 Å². The number of pyridine rings is 1. The largest absolute Gasteiger partial charge is 0.383 e. The van der Waals surface area contributed by atoms with Gasteiger partial charge in [0.25, 0.3) is 0 Å². The van der Waals surface area contributed by atoms with Gasteiger partial charge >= 0.3 is 0 Å². The third kappa shape index (κ3) is 2.94. The van der Waals surface area contributed by atoms with Crippen LogP contribution in [0.15, 0.2) is 48.5 Å². The van der Waals surface area contributed by atoms with Crippen LogP contribution >= 0.6 is 23.2 Å². The normalized spacial score (nSPS) is 10.4. The van der Waals surface area contributed by atoms with E-state index in [0.717, 1.165) is 11.1 Å². The Morgan fingerprint density at radius 2 is 1.75 bits per heavy atom. The van der Waals surface area contributed by atoms with Crippen molar-refractivity contribution in [2.75, 3.05) is 5.73 Å². The van der Waals surface area contributed by atoms with Crippen molar-refractivity contribution in [1.82, 2.24) is 4.98 Å². The first-order chi connectivity index (χ1) is 11.5. The van der Waals surface area contributed by atoms with Gasteiger partial charge in [-0.25, -0.2) is 4.98 Å². The van der Waals surface area contributed by atoms with Crippen LogP contribution in [0.2, 0.25) is 10.0 Å². The molecule has 24 heavy (non-hydrogen) atoms. The van der Waals surface area contributed by atoms with Gasteiger partial charge < -0.3 is 5.73 Å². The lowest BCUT2D eigenvalue weighted by molar-refractivity contribution is 1.29. The minimum atomic E-state index is 0.180.